The van der Waals surface area contributed by atoms with Crippen molar-refractivity contribution < 1.29 is 9.32 Å². The highest BCUT2D eigenvalue weighted by atomic mass is 32.1. The summed E-state index contributed by atoms with van der Waals surface area (Å²) >= 11 is 3.25. The summed E-state index contributed by atoms with van der Waals surface area (Å²) in [5.41, 5.74) is 1.75. The van der Waals surface area contributed by atoms with Gasteiger partial charge in [-0.1, -0.05) is 6.07 Å². The molecule has 1 unspecified atom stereocenters. The molecule has 1 atom stereocenters. The predicted molar refractivity (Wildman–Crippen MR) is 99.2 cm³/mol. The van der Waals surface area contributed by atoms with E-state index in [0.717, 1.165) is 35.2 Å². The standard InChI is InChI=1S/C18H17N3O2S2/c1-13-12-25-18-19-14(8-17(22)21(13)18)9-20(10-15-4-2-6-23-15)11-16-5-3-7-24-16/h2-8,12H,9-11H2,1H3/p+1. The Morgan fingerprint density at radius 3 is 2.88 bits per heavy atom. The summed E-state index contributed by atoms with van der Waals surface area (Å²) in [6.45, 7) is 4.25. The number of thiazole rings is 1. The summed E-state index contributed by atoms with van der Waals surface area (Å²) in [4.78, 5) is 20.5. The van der Waals surface area contributed by atoms with Gasteiger partial charge in [-0.05, 0) is 30.5 Å². The fourth-order valence-electron chi connectivity index (χ4n) is 2.95. The topological polar surface area (TPSA) is 52.0 Å². The molecule has 0 aromatic carbocycles. The number of fused-ring (bicyclic) bond motifs is 1. The van der Waals surface area contributed by atoms with Gasteiger partial charge in [0.2, 0.25) is 0 Å². The molecule has 25 heavy (non-hydrogen) atoms. The lowest BCUT2D eigenvalue weighted by Crippen LogP contribution is -3.08. The maximum Gasteiger partial charge on any atom is 0.259 e. The summed E-state index contributed by atoms with van der Waals surface area (Å²) in [6, 6.07) is 9.76. The Morgan fingerprint density at radius 1 is 1.20 bits per heavy atom. The van der Waals surface area contributed by atoms with Crippen molar-refractivity contribution in [1.82, 2.24) is 9.38 Å². The third-order valence-corrected chi connectivity index (χ3v) is 5.89. The minimum absolute atomic E-state index is 0.00720. The highest BCUT2D eigenvalue weighted by molar-refractivity contribution is 7.15. The maximum atomic E-state index is 12.4. The zero-order valence-corrected chi connectivity index (χ0v) is 15.4. The molecule has 0 aliphatic carbocycles. The Balaban J connectivity index is 1.62. The predicted octanol–water partition coefficient (Wildman–Crippen LogP) is 2.50. The van der Waals surface area contributed by atoms with Crippen molar-refractivity contribution in [3.05, 3.63) is 79.7 Å². The van der Waals surface area contributed by atoms with Gasteiger partial charge in [-0.15, -0.1) is 22.7 Å². The zero-order valence-electron chi connectivity index (χ0n) is 13.8. The largest absolute Gasteiger partial charge is 0.463 e. The van der Waals surface area contributed by atoms with Gasteiger partial charge in [0.05, 0.1) is 11.1 Å². The van der Waals surface area contributed by atoms with E-state index >= 15 is 0 Å². The highest BCUT2D eigenvalue weighted by Crippen LogP contribution is 2.11. The van der Waals surface area contributed by atoms with E-state index in [2.05, 4.69) is 22.5 Å². The molecule has 0 aliphatic rings. The van der Waals surface area contributed by atoms with Gasteiger partial charge in [0.25, 0.3) is 5.56 Å². The number of quaternary nitrogens is 1. The van der Waals surface area contributed by atoms with E-state index in [1.807, 2.05) is 24.4 Å². The second-order valence-corrected chi connectivity index (χ2v) is 7.89. The number of hydrogen-bond acceptors (Lipinski definition) is 5. The average Bonchev–Trinajstić information content (AvgIpc) is 3.31. The Morgan fingerprint density at radius 2 is 2.12 bits per heavy atom. The zero-order chi connectivity index (χ0) is 17.2. The van der Waals surface area contributed by atoms with E-state index in [9.17, 15) is 4.79 Å². The summed E-state index contributed by atoms with van der Waals surface area (Å²) in [7, 11) is 0. The number of furan rings is 1. The molecule has 0 saturated carbocycles. The monoisotopic (exact) mass is 372 g/mol. The molecule has 0 amide bonds. The first-order valence-electron chi connectivity index (χ1n) is 8.04. The Kier molecular flexibility index (Phi) is 4.52. The molecule has 0 radical (unpaired) electrons. The molecule has 7 heteroatoms. The van der Waals surface area contributed by atoms with E-state index in [0.29, 0.717) is 6.54 Å². The van der Waals surface area contributed by atoms with Crippen molar-refractivity contribution in [3.63, 3.8) is 0 Å². The third-order valence-electron chi connectivity index (χ3n) is 4.07. The van der Waals surface area contributed by atoms with Crippen LogP contribution in [0.5, 0.6) is 0 Å². The van der Waals surface area contributed by atoms with Crippen molar-refractivity contribution in [2.24, 2.45) is 0 Å². The lowest BCUT2D eigenvalue weighted by atomic mass is 10.3. The van der Waals surface area contributed by atoms with Crippen molar-refractivity contribution in [1.29, 1.82) is 0 Å². The van der Waals surface area contributed by atoms with E-state index in [1.54, 1.807) is 28.1 Å². The molecule has 0 bridgehead atoms. The Labute approximate surface area is 152 Å². The van der Waals surface area contributed by atoms with Crippen LogP contribution in [0.15, 0.2) is 56.6 Å². The van der Waals surface area contributed by atoms with E-state index in [1.165, 1.54) is 21.1 Å². The van der Waals surface area contributed by atoms with Gasteiger partial charge in [-0.3, -0.25) is 9.20 Å². The molecule has 5 nitrogen and oxygen atoms in total. The summed E-state index contributed by atoms with van der Waals surface area (Å²) < 4.78 is 7.18. The van der Waals surface area contributed by atoms with Gasteiger partial charge in [0.15, 0.2) is 10.7 Å². The number of aromatic nitrogens is 2. The second-order valence-electron chi connectivity index (χ2n) is 6.02. The molecule has 0 aliphatic heterocycles. The van der Waals surface area contributed by atoms with Gasteiger partial charge >= 0.3 is 0 Å². The average molecular weight is 372 g/mol. The van der Waals surface area contributed by atoms with Crippen molar-refractivity contribution in [2.45, 2.75) is 26.6 Å². The van der Waals surface area contributed by atoms with Gasteiger partial charge in [-0.2, -0.15) is 0 Å². The molecule has 0 fully saturated rings. The normalized spacial score (nSPS) is 12.7. The van der Waals surface area contributed by atoms with E-state index < -0.39 is 0 Å². The van der Waals surface area contributed by atoms with Crippen LogP contribution in [-0.4, -0.2) is 9.38 Å². The first-order chi connectivity index (χ1) is 12.2. The smallest absolute Gasteiger partial charge is 0.259 e. The van der Waals surface area contributed by atoms with Crippen LogP contribution in [0.2, 0.25) is 0 Å². The van der Waals surface area contributed by atoms with E-state index in [-0.39, 0.29) is 5.56 Å². The first kappa shape index (κ1) is 16.3. The number of nitrogens with one attached hydrogen (secondary N) is 1. The summed E-state index contributed by atoms with van der Waals surface area (Å²) in [5.74, 6) is 0.941. The lowest BCUT2D eigenvalue weighted by molar-refractivity contribution is -0.942. The second kappa shape index (κ2) is 6.95. The van der Waals surface area contributed by atoms with Crippen LogP contribution in [0.1, 0.15) is 22.0 Å². The molecule has 4 rings (SSSR count). The SMILES string of the molecule is Cc1csc2nc(C[NH+](Cc3ccco3)Cc3cccs3)cc(=O)n12. The quantitative estimate of drug-likeness (QED) is 0.566. The van der Waals surface area contributed by atoms with Gasteiger partial charge in [0.1, 0.15) is 25.3 Å². The minimum Gasteiger partial charge on any atom is -0.463 e. The molecule has 1 N–H and O–H groups in total. The van der Waals surface area contributed by atoms with Crippen molar-refractivity contribution in [2.75, 3.05) is 0 Å². The van der Waals surface area contributed by atoms with Crippen LogP contribution in [0.3, 0.4) is 0 Å². The fraction of sp³-hybridized carbons (Fsp3) is 0.222. The fourth-order valence-corrected chi connectivity index (χ4v) is 4.62. The van der Waals surface area contributed by atoms with Crippen molar-refractivity contribution in [3.8, 4) is 0 Å². The van der Waals surface area contributed by atoms with Crippen LogP contribution in [0.25, 0.3) is 4.96 Å². The Bertz CT molecular complexity index is 980. The van der Waals surface area contributed by atoms with Crippen LogP contribution >= 0.6 is 22.7 Å². The third kappa shape index (κ3) is 3.58. The molecule has 4 aromatic heterocycles. The number of thiophene rings is 1. The molecule has 0 spiro atoms. The van der Waals surface area contributed by atoms with Crippen LogP contribution < -0.4 is 10.5 Å². The molecule has 4 heterocycles. The van der Waals surface area contributed by atoms with Crippen LogP contribution in [0.4, 0.5) is 0 Å². The van der Waals surface area contributed by atoms with Crippen LogP contribution in [0, 0.1) is 6.92 Å². The summed E-state index contributed by atoms with van der Waals surface area (Å²) in [6.07, 6.45) is 1.70. The van der Waals surface area contributed by atoms with Crippen LogP contribution in [-0.2, 0) is 19.6 Å². The number of nitrogens with zero attached hydrogens (tertiary/aromatic N) is 2. The van der Waals surface area contributed by atoms with Gasteiger partial charge in [0, 0.05) is 17.1 Å². The first-order valence-corrected chi connectivity index (χ1v) is 9.80. The number of hydrogen-bond donors (Lipinski definition) is 1. The lowest BCUT2D eigenvalue weighted by Gasteiger charge is -2.17. The molecular weight excluding hydrogens is 354 g/mol. The number of aryl methyl sites for hydroxylation is 1. The molecule has 4 aromatic rings. The Hall–Kier alpha value is -2.22. The van der Waals surface area contributed by atoms with Gasteiger partial charge < -0.3 is 9.32 Å². The van der Waals surface area contributed by atoms with Gasteiger partial charge in [-0.25, -0.2) is 4.98 Å². The molecule has 0 saturated heterocycles. The van der Waals surface area contributed by atoms with Crippen molar-refractivity contribution >= 4 is 27.6 Å². The molecular formula is C18H18N3O2S2+. The molecule has 128 valence electrons. The van der Waals surface area contributed by atoms with E-state index in [4.69, 9.17) is 4.42 Å². The summed E-state index contributed by atoms with van der Waals surface area (Å²) in [5, 5.41) is 4.05. The highest BCUT2D eigenvalue weighted by Gasteiger charge is 2.16. The maximum absolute atomic E-state index is 12.4. The number of rotatable bonds is 6. The minimum atomic E-state index is -0.00720.